The third-order valence-corrected chi connectivity index (χ3v) is 4.23. The molecule has 0 saturated heterocycles. The average Bonchev–Trinajstić information content (AvgIpc) is 2.59. The normalized spacial score (nSPS) is 9.88. The molecule has 0 aliphatic heterocycles. The zero-order valence-electron chi connectivity index (χ0n) is 13.0. The van der Waals surface area contributed by atoms with Crippen LogP contribution < -0.4 is 15.4 Å². The van der Waals surface area contributed by atoms with Crippen molar-refractivity contribution in [3.05, 3.63) is 47.5 Å². The quantitative estimate of drug-likeness (QED) is 0.729. The van der Waals surface area contributed by atoms with Crippen LogP contribution in [0.2, 0.25) is 5.02 Å². The number of hydrogen-bond acceptors (Lipinski definition) is 5. The first kappa shape index (κ1) is 18.0. The van der Waals surface area contributed by atoms with Gasteiger partial charge in [-0.2, -0.15) is 5.26 Å². The molecule has 0 radical (unpaired) electrons. The van der Waals surface area contributed by atoms with Gasteiger partial charge < -0.3 is 15.4 Å². The molecule has 0 aliphatic carbocycles. The van der Waals surface area contributed by atoms with E-state index in [4.69, 9.17) is 21.6 Å². The highest BCUT2D eigenvalue weighted by Crippen LogP contribution is 2.28. The molecule has 0 saturated carbocycles. The maximum atomic E-state index is 12.2. The first-order valence-electron chi connectivity index (χ1n) is 7.10. The van der Waals surface area contributed by atoms with Gasteiger partial charge in [0.15, 0.2) is 0 Å². The summed E-state index contributed by atoms with van der Waals surface area (Å²) in [6, 6.07) is 14.6. The Labute approximate surface area is 150 Å². The number of thioether (sulfide) groups is 1. The molecule has 2 N–H and O–H groups in total. The third kappa shape index (κ3) is 5.08. The number of methoxy groups -OCH3 is 1. The fraction of sp³-hybridized carbons (Fsp3) is 0.176. The van der Waals surface area contributed by atoms with Crippen LogP contribution in [0.15, 0.2) is 47.4 Å². The van der Waals surface area contributed by atoms with Gasteiger partial charge in [0.1, 0.15) is 5.75 Å². The maximum Gasteiger partial charge on any atom is 0.243 e. The Bertz CT molecular complexity index is 762. The molecular formula is C17H16ClN3O2S. The van der Waals surface area contributed by atoms with Crippen molar-refractivity contribution < 1.29 is 9.53 Å². The van der Waals surface area contributed by atoms with Gasteiger partial charge in [-0.05, 0) is 30.3 Å². The van der Waals surface area contributed by atoms with E-state index in [1.807, 2.05) is 18.2 Å². The van der Waals surface area contributed by atoms with Crippen molar-refractivity contribution >= 4 is 40.6 Å². The Morgan fingerprint density at radius 1 is 1.29 bits per heavy atom. The number of carbonyl (C=O) groups is 1. The van der Waals surface area contributed by atoms with Gasteiger partial charge in [-0.25, -0.2) is 0 Å². The lowest BCUT2D eigenvalue weighted by Gasteiger charge is -2.13. The molecule has 2 aromatic rings. The van der Waals surface area contributed by atoms with Gasteiger partial charge in [-0.1, -0.05) is 23.7 Å². The summed E-state index contributed by atoms with van der Waals surface area (Å²) in [4.78, 5) is 13.0. The van der Waals surface area contributed by atoms with E-state index in [9.17, 15) is 4.79 Å². The highest BCUT2D eigenvalue weighted by Gasteiger charge is 2.09. The Hall–Kier alpha value is -2.36. The van der Waals surface area contributed by atoms with Crippen LogP contribution in [0.5, 0.6) is 5.75 Å². The Balaban J connectivity index is 2.00. The van der Waals surface area contributed by atoms with Crippen LogP contribution in [0.3, 0.4) is 0 Å². The fourth-order valence-corrected chi connectivity index (χ4v) is 2.84. The molecule has 24 heavy (non-hydrogen) atoms. The first-order valence-corrected chi connectivity index (χ1v) is 8.46. The lowest BCUT2D eigenvalue weighted by Crippen LogP contribution is -2.22. The molecular weight excluding hydrogens is 346 g/mol. The maximum absolute atomic E-state index is 12.2. The number of ether oxygens (including phenoxy) is 1. The summed E-state index contributed by atoms with van der Waals surface area (Å²) >= 11 is 7.34. The number of nitrogens with zero attached hydrogens (tertiary/aromatic N) is 1. The second-order valence-electron chi connectivity index (χ2n) is 4.69. The number of nitrogens with one attached hydrogen (secondary N) is 2. The SMILES string of the molecule is COc1ccc(Cl)cc1NCC(=O)Nc1ccccc1SCC#N. The molecule has 0 aromatic heterocycles. The van der Waals surface area contributed by atoms with Gasteiger partial charge in [0, 0.05) is 9.92 Å². The predicted molar refractivity (Wildman–Crippen MR) is 97.9 cm³/mol. The summed E-state index contributed by atoms with van der Waals surface area (Å²) in [6.45, 7) is 0.0634. The van der Waals surface area contributed by atoms with E-state index in [-0.39, 0.29) is 12.5 Å². The van der Waals surface area contributed by atoms with Gasteiger partial charge in [0.25, 0.3) is 0 Å². The lowest BCUT2D eigenvalue weighted by atomic mass is 10.3. The molecule has 2 aromatic carbocycles. The van der Waals surface area contributed by atoms with Crippen molar-refractivity contribution in [2.45, 2.75) is 4.90 Å². The van der Waals surface area contributed by atoms with Gasteiger partial charge in [-0.3, -0.25) is 4.79 Å². The van der Waals surface area contributed by atoms with E-state index in [2.05, 4.69) is 16.7 Å². The van der Waals surface area contributed by atoms with Crippen molar-refractivity contribution in [3.8, 4) is 11.8 Å². The number of nitriles is 1. The van der Waals surface area contributed by atoms with Crippen LogP contribution in [-0.4, -0.2) is 25.3 Å². The molecule has 124 valence electrons. The number of carbonyl (C=O) groups excluding carboxylic acids is 1. The van der Waals surface area contributed by atoms with Crippen LogP contribution in [0.25, 0.3) is 0 Å². The van der Waals surface area contributed by atoms with E-state index >= 15 is 0 Å². The number of benzene rings is 2. The number of hydrogen-bond donors (Lipinski definition) is 2. The van der Waals surface area contributed by atoms with Crippen molar-refractivity contribution in [2.75, 3.05) is 30.0 Å². The Morgan fingerprint density at radius 3 is 2.83 bits per heavy atom. The molecule has 2 rings (SSSR count). The van der Waals surface area contributed by atoms with E-state index < -0.39 is 0 Å². The van der Waals surface area contributed by atoms with Crippen molar-refractivity contribution in [3.63, 3.8) is 0 Å². The molecule has 1 amide bonds. The number of anilines is 2. The molecule has 0 atom stereocenters. The number of amides is 1. The summed E-state index contributed by atoms with van der Waals surface area (Å²) in [5.41, 5.74) is 1.33. The standard InChI is InChI=1S/C17H16ClN3O2S/c1-23-15-7-6-12(18)10-14(15)20-11-17(22)21-13-4-2-3-5-16(13)24-9-8-19/h2-7,10,20H,9,11H2,1H3,(H,21,22). The summed E-state index contributed by atoms with van der Waals surface area (Å²) in [6.07, 6.45) is 0. The van der Waals surface area contributed by atoms with Crippen LogP contribution in [0, 0.1) is 11.3 Å². The molecule has 0 aliphatic rings. The second-order valence-corrected chi connectivity index (χ2v) is 6.14. The average molecular weight is 362 g/mol. The van der Waals surface area contributed by atoms with Crippen molar-refractivity contribution in [1.82, 2.24) is 0 Å². The van der Waals surface area contributed by atoms with Crippen LogP contribution in [0.4, 0.5) is 11.4 Å². The zero-order valence-corrected chi connectivity index (χ0v) is 14.6. The molecule has 7 heteroatoms. The van der Waals surface area contributed by atoms with Gasteiger partial charge in [0.2, 0.25) is 5.91 Å². The highest BCUT2D eigenvalue weighted by molar-refractivity contribution is 7.99. The molecule has 0 fully saturated rings. The number of rotatable bonds is 7. The van der Waals surface area contributed by atoms with Crippen LogP contribution >= 0.6 is 23.4 Å². The Morgan fingerprint density at radius 2 is 2.08 bits per heavy atom. The topological polar surface area (TPSA) is 74.2 Å². The monoisotopic (exact) mass is 361 g/mol. The molecule has 0 bridgehead atoms. The minimum Gasteiger partial charge on any atom is -0.495 e. The van der Waals surface area contributed by atoms with Crippen LogP contribution in [-0.2, 0) is 4.79 Å². The van der Waals surface area contributed by atoms with Gasteiger partial charge in [-0.15, -0.1) is 11.8 Å². The second kappa shape index (κ2) is 9.06. The third-order valence-electron chi connectivity index (χ3n) is 3.05. The van der Waals surface area contributed by atoms with E-state index in [1.165, 1.54) is 11.8 Å². The lowest BCUT2D eigenvalue weighted by molar-refractivity contribution is -0.114. The molecule has 0 spiro atoms. The number of para-hydroxylation sites is 1. The van der Waals surface area contributed by atoms with Gasteiger partial charge >= 0.3 is 0 Å². The minimum atomic E-state index is -0.206. The van der Waals surface area contributed by atoms with Crippen molar-refractivity contribution in [2.24, 2.45) is 0 Å². The fourth-order valence-electron chi connectivity index (χ4n) is 1.99. The predicted octanol–water partition coefficient (Wildman–Crippen LogP) is 4.01. The van der Waals surface area contributed by atoms with E-state index in [1.54, 1.807) is 31.4 Å². The van der Waals surface area contributed by atoms with E-state index in [0.29, 0.717) is 27.9 Å². The molecule has 0 heterocycles. The summed E-state index contributed by atoms with van der Waals surface area (Å²) in [5.74, 6) is 0.726. The zero-order chi connectivity index (χ0) is 17.4. The Kier molecular flexibility index (Phi) is 6.79. The smallest absolute Gasteiger partial charge is 0.243 e. The van der Waals surface area contributed by atoms with Crippen LogP contribution in [0.1, 0.15) is 0 Å². The first-order chi connectivity index (χ1) is 11.6. The minimum absolute atomic E-state index is 0.0634. The van der Waals surface area contributed by atoms with E-state index in [0.717, 1.165) is 4.90 Å². The molecule has 0 unspecified atom stereocenters. The summed E-state index contributed by atoms with van der Waals surface area (Å²) in [5, 5.41) is 15.1. The number of halogens is 1. The van der Waals surface area contributed by atoms with Gasteiger partial charge in [0.05, 0.1) is 36.9 Å². The molecule has 5 nitrogen and oxygen atoms in total. The summed E-state index contributed by atoms with van der Waals surface area (Å²) in [7, 11) is 1.55. The summed E-state index contributed by atoms with van der Waals surface area (Å²) < 4.78 is 5.23. The highest BCUT2D eigenvalue weighted by atomic mass is 35.5. The van der Waals surface area contributed by atoms with Crippen molar-refractivity contribution in [1.29, 1.82) is 5.26 Å². The largest absolute Gasteiger partial charge is 0.495 e.